The third-order valence-corrected chi connectivity index (χ3v) is 5.22. The van der Waals surface area contributed by atoms with E-state index >= 15 is 0 Å². The summed E-state index contributed by atoms with van der Waals surface area (Å²) >= 11 is 0. The highest BCUT2D eigenvalue weighted by molar-refractivity contribution is 5.20. The van der Waals surface area contributed by atoms with Crippen LogP contribution in [-0.2, 0) is 16.0 Å². The predicted molar refractivity (Wildman–Crippen MR) is 83.8 cm³/mol. The maximum absolute atomic E-state index is 6.08. The number of ether oxygens (including phenoxy) is 2. The average Bonchev–Trinajstić information content (AvgIpc) is 2.84. The lowest BCUT2D eigenvalue weighted by molar-refractivity contribution is -0.153. The van der Waals surface area contributed by atoms with Gasteiger partial charge < -0.3 is 14.0 Å². The number of hydrogen-bond acceptors (Lipinski definition) is 5. The second-order valence-electron chi connectivity index (χ2n) is 6.76. The first-order valence-electron chi connectivity index (χ1n) is 8.48. The second-order valence-corrected chi connectivity index (χ2v) is 6.76. The molecule has 22 heavy (non-hydrogen) atoms. The van der Waals surface area contributed by atoms with E-state index in [1.54, 1.807) is 0 Å². The molecule has 3 heterocycles. The number of piperidine rings is 1. The summed E-state index contributed by atoms with van der Waals surface area (Å²) in [5, 5.41) is 4.08. The lowest BCUT2D eigenvalue weighted by Crippen LogP contribution is -2.56. The molecule has 0 saturated carbocycles. The number of likely N-dealkylation sites (tertiary alicyclic amines) is 1. The number of aromatic nitrogens is 1. The summed E-state index contributed by atoms with van der Waals surface area (Å²) in [7, 11) is 0. The zero-order chi connectivity index (χ0) is 15.6. The van der Waals surface area contributed by atoms with Crippen LogP contribution in [0.3, 0.4) is 0 Å². The van der Waals surface area contributed by atoms with E-state index in [0.717, 1.165) is 63.8 Å². The molecule has 124 valence electrons. The fourth-order valence-corrected chi connectivity index (χ4v) is 3.98. The zero-order valence-corrected chi connectivity index (χ0v) is 14.1. The standard InChI is InChI=1S/C17H28N2O3/c1-4-20-12-17-7-5-9-21-16(17)6-8-19(11-17)10-15-13(2)18-22-14(15)3/h16H,4-12H2,1-3H3/t16-,17-/m1/s1. The summed E-state index contributed by atoms with van der Waals surface area (Å²) < 4.78 is 17.2. The van der Waals surface area contributed by atoms with Crippen molar-refractivity contribution in [3.8, 4) is 0 Å². The van der Waals surface area contributed by atoms with Crippen molar-refractivity contribution in [2.24, 2.45) is 5.41 Å². The maximum atomic E-state index is 6.08. The van der Waals surface area contributed by atoms with Crippen LogP contribution in [0, 0.1) is 19.3 Å². The Morgan fingerprint density at radius 3 is 3.00 bits per heavy atom. The van der Waals surface area contributed by atoms with Crippen molar-refractivity contribution in [2.75, 3.05) is 32.9 Å². The highest BCUT2D eigenvalue weighted by atomic mass is 16.5. The van der Waals surface area contributed by atoms with Crippen molar-refractivity contribution < 1.29 is 14.0 Å². The van der Waals surface area contributed by atoms with Crippen LogP contribution in [0.4, 0.5) is 0 Å². The number of rotatable bonds is 5. The quantitative estimate of drug-likeness (QED) is 0.837. The van der Waals surface area contributed by atoms with Crippen LogP contribution in [0.15, 0.2) is 4.52 Å². The summed E-state index contributed by atoms with van der Waals surface area (Å²) in [5.74, 6) is 0.943. The SMILES string of the molecule is CCOC[C@]12CCCO[C@@H]1CCN(Cc1c(C)noc1C)C2. The number of aryl methyl sites for hydroxylation is 2. The molecule has 5 nitrogen and oxygen atoms in total. The van der Waals surface area contributed by atoms with E-state index < -0.39 is 0 Å². The van der Waals surface area contributed by atoms with Crippen LogP contribution in [0.25, 0.3) is 0 Å². The first kappa shape index (κ1) is 16.0. The van der Waals surface area contributed by atoms with Crippen LogP contribution in [-0.4, -0.2) is 49.1 Å². The fourth-order valence-electron chi connectivity index (χ4n) is 3.98. The molecule has 0 unspecified atom stereocenters. The molecule has 0 bridgehead atoms. The molecule has 0 aromatic carbocycles. The van der Waals surface area contributed by atoms with E-state index in [2.05, 4.69) is 17.0 Å². The van der Waals surface area contributed by atoms with Gasteiger partial charge in [0.05, 0.1) is 18.4 Å². The molecule has 0 aliphatic carbocycles. The predicted octanol–water partition coefficient (Wildman–Crippen LogP) is 2.70. The maximum Gasteiger partial charge on any atom is 0.138 e. The van der Waals surface area contributed by atoms with Gasteiger partial charge in [-0.3, -0.25) is 4.90 Å². The summed E-state index contributed by atoms with van der Waals surface area (Å²) in [6.07, 6.45) is 3.79. The Balaban J connectivity index is 1.72. The third-order valence-electron chi connectivity index (χ3n) is 5.22. The molecule has 0 N–H and O–H groups in total. The molecule has 2 saturated heterocycles. The van der Waals surface area contributed by atoms with Gasteiger partial charge in [-0.1, -0.05) is 5.16 Å². The molecule has 1 aromatic heterocycles. The third kappa shape index (κ3) is 3.07. The van der Waals surface area contributed by atoms with Crippen molar-refractivity contribution in [1.82, 2.24) is 10.1 Å². The van der Waals surface area contributed by atoms with Gasteiger partial charge in [0.1, 0.15) is 5.76 Å². The Labute approximate surface area is 132 Å². The summed E-state index contributed by atoms with van der Waals surface area (Å²) in [4.78, 5) is 2.52. The highest BCUT2D eigenvalue weighted by Gasteiger charge is 2.46. The van der Waals surface area contributed by atoms with Crippen molar-refractivity contribution >= 4 is 0 Å². The molecule has 0 spiro atoms. The Kier molecular flexibility index (Phi) is 4.85. The minimum Gasteiger partial charge on any atom is -0.381 e. The first-order valence-corrected chi connectivity index (χ1v) is 8.48. The van der Waals surface area contributed by atoms with Gasteiger partial charge in [-0.25, -0.2) is 0 Å². The largest absolute Gasteiger partial charge is 0.381 e. The van der Waals surface area contributed by atoms with Gasteiger partial charge in [-0.2, -0.15) is 0 Å². The van der Waals surface area contributed by atoms with Gasteiger partial charge in [0.15, 0.2) is 0 Å². The Morgan fingerprint density at radius 1 is 1.41 bits per heavy atom. The Bertz CT molecular complexity index is 483. The van der Waals surface area contributed by atoms with Crippen molar-refractivity contribution in [3.63, 3.8) is 0 Å². The smallest absolute Gasteiger partial charge is 0.138 e. The molecule has 3 rings (SSSR count). The van der Waals surface area contributed by atoms with E-state index in [1.807, 2.05) is 13.8 Å². The summed E-state index contributed by atoms with van der Waals surface area (Å²) in [6, 6.07) is 0. The molecule has 0 amide bonds. The van der Waals surface area contributed by atoms with Crippen LogP contribution in [0.1, 0.15) is 43.2 Å². The molecule has 2 fully saturated rings. The summed E-state index contributed by atoms with van der Waals surface area (Å²) in [5.41, 5.74) is 2.41. The lowest BCUT2D eigenvalue weighted by Gasteiger charge is -2.50. The van der Waals surface area contributed by atoms with Crippen molar-refractivity contribution in [3.05, 3.63) is 17.0 Å². The average molecular weight is 308 g/mol. The van der Waals surface area contributed by atoms with Crippen molar-refractivity contribution in [1.29, 1.82) is 0 Å². The van der Waals surface area contributed by atoms with Gasteiger partial charge in [-0.05, 0) is 40.0 Å². The number of nitrogens with zero attached hydrogens (tertiary/aromatic N) is 2. The van der Waals surface area contributed by atoms with Gasteiger partial charge in [0, 0.05) is 43.8 Å². The lowest BCUT2D eigenvalue weighted by atomic mass is 9.73. The van der Waals surface area contributed by atoms with Crippen molar-refractivity contribution in [2.45, 2.75) is 52.7 Å². The second kappa shape index (κ2) is 6.69. The summed E-state index contributed by atoms with van der Waals surface area (Å²) in [6.45, 7) is 11.6. The van der Waals surface area contributed by atoms with Crippen LogP contribution in [0.2, 0.25) is 0 Å². The molecule has 0 radical (unpaired) electrons. The van der Waals surface area contributed by atoms with Gasteiger partial charge in [0.25, 0.3) is 0 Å². The van der Waals surface area contributed by atoms with E-state index in [4.69, 9.17) is 14.0 Å². The molecule has 5 heteroatoms. The monoisotopic (exact) mass is 308 g/mol. The molecule has 2 aliphatic heterocycles. The molecule has 2 atom stereocenters. The molecule has 1 aromatic rings. The van der Waals surface area contributed by atoms with E-state index in [0.29, 0.717) is 6.10 Å². The van der Waals surface area contributed by atoms with E-state index in [-0.39, 0.29) is 5.41 Å². The van der Waals surface area contributed by atoms with Gasteiger partial charge >= 0.3 is 0 Å². The minimum atomic E-state index is 0.158. The number of fused-ring (bicyclic) bond motifs is 1. The van der Waals surface area contributed by atoms with Crippen LogP contribution in [0.5, 0.6) is 0 Å². The first-order chi connectivity index (χ1) is 10.6. The fraction of sp³-hybridized carbons (Fsp3) is 0.824. The molecular weight excluding hydrogens is 280 g/mol. The van der Waals surface area contributed by atoms with Gasteiger partial charge in [0.2, 0.25) is 0 Å². The van der Waals surface area contributed by atoms with Gasteiger partial charge in [-0.15, -0.1) is 0 Å². The van der Waals surface area contributed by atoms with Crippen LogP contribution >= 0.6 is 0 Å². The Hall–Kier alpha value is -0.910. The molecular formula is C17H28N2O3. The topological polar surface area (TPSA) is 47.7 Å². The normalized spacial score (nSPS) is 29.5. The highest BCUT2D eigenvalue weighted by Crippen LogP contribution is 2.41. The number of hydrogen-bond donors (Lipinski definition) is 0. The van der Waals surface area contributed by atoms with E-state index in [9.17, 15) is 0 Å². The minimum absolute atomic E-state index is 0.158. The zero-order valence-electron chi connectivity index (χ0n) is 14.1. The van der Waals surface area contributed by atoms with E-state index in [1.165, 1.54) is 12.0 Å². The Morgan fingerprint density at radius 2 is 2.27 bits per heavy atom. The molecule has 2 aliphatic rings. The van der Waals surface area contributed by atoms with Crippen LogP contribution < -0.4 is 0 Å².